The zero-order chi connectivity index (χ0) is 16.8. The summed E-state index contributed by atoms with van der Waals surface area (Å²) in [5.74, 6) is 0.773. The van der Waals surface area contributed by atoms with E-state index in [9.17, 15) is 4.79 Å². The van der Waals surface area contributed by atoms with E-state index in [2.05, 4.69) is 34.1 Å². The summed E-state index contributed by atoms with van der Waals surface area (Å²) >= 11 is 0. The van der Waals surface area contributed by atoms with Gasteiger partial charge in [0.05, 0.1) is 0 Å². The number of pyridine rings is 1. The van der Waals surface area contributed by atoms with Crippen molar-refractivity contribution in [3.8, 4) is 0 Å². The zero-order valence-corrected chi connectivity index (χ0v) is 14.3. The highest BCUT2D eigenvalue weighted by molar-refractivity contribution is 5.76. The van der Waals surface area contributed by atoms with E-state index in [1.54, 1.807) is 6.20 Å². The number of benzene rings is 1. The summed E-state index contributed by atoms with van der Waals surface area (Å²) in [5.41, 5.74) is 2.40. The Hall–Kier alpha value is -2.36. The van der Waals surface area contributed by atoms with E-state index in [0.717, 1.165) is 38.0 Å². The Kier molecular flexibility index (Phi) is 5.47. The van der Waals surface area contributed by atoms with Gasteiger partial charge < -0.3 is 9.80 Å². The van der Waals surface area contributed by atoms with Gasteiger partial charge in [-0.25, -0.2) is 0 Å². The second kappa shape index (κ2) is 7.95. The van der Waals surface area contributed by atoms with Crippen LogP contribution in [0.5, 0.6) is 0 Å². The molecule has 0 radical (unpaired) electrons. The molecule has 1 saturated heterocycles. The van der Waals surface area contributed by atoms with Gasteiger partial charge in [0.25, 0.3) is 0 Å². The summed E-state index contributed by atoms with van der Waals surface area (Å²) in [6.07, 6.45) is 6.06. The fourth-order valence-electron chi connectivity index (χ4n) is 3.33. The molecule has 0 N–H and O–H groups in total. The topological polar surface area (TPSA) is 36.4 Å². The lowest BCUT2D eigenvalue weighted by molar-refractivity contribution is -0.130. The summed E-state index contributed by atoms with van der Waals surface area (Å²) < 4.78 is 0. The molecule has 1 atom stereocenters. The van der Waals surface area contributed by atoms with Crippen LogP contribution in [0.1, 0.15) is 18.4 Å². The van der Waals surface area contributed by atoms with Crippen LogP contribution in [0.15, 0.2) is 54.9 Å². The Balaban J connectivity index is 1.45. The van der Waals surface area contributed by atoms with Crippen molar-refractivity contribution in [2.24, 2.45) is 5.92 Å². The average Bonchev–Trinajstić information content (AvgIpc) is 3.10. The van der Waals surface area contributed by atoms with E-state index < -0.39 is 0 Å². The predicted octanol–water partition coefficient (Wildman–Crippen LogP) is 3.00. The van der Waals surface area contributed by atoms with Crippen molar-refractivity contribution >= 4 is 11.6 Å². The van der Waals surface area contributed by atoms with Crippen LogP contribution in [0.3, 0.4) is 0 Å². The molecule has 1 aliphatic rings. The highest BCUT2D eigenvalue weighted by Gasteiger charge is 2.24. The van der Waals surface area contributed by atoms with Crippen LogP contribution in [0, 0.1) is 5.92 Å². The number of amides is 1. The van der Waals surface area contributed by atoms with Gasteiger partial charge in [0.1, 0.15) is 0 Å². The van der Waals surface area contributed by atoms with Crippen LogP contribution in [0.2, 0.25) is 0 Å². The largest absolute Gasteiger partial charge is 0.371 e. The van der Waals surface area contributed by atoms with Gasteiger partial charge in [0.2, 0.25) is 5.91 Å². The quantitative estimate of drug-likeness (QED) is 0.820. The van der Waals surface area contributed by atoms with Crippen LogP contribution in [-0.4, -0.2) is 42.5 Å². The van der Waals surface area contributed by atoms with Gasteiger partial charge in [-0.2, -0.15) is 0 Å². The zero-order valence-electron chi connectivity index (χ0n) is 14.3. The van der Waals surface area contributed by atoms with Gasteiger partial charge in [-0.05, 0) is 42.5 Å². The SMILES string of the molecule is CN(C[C@H]1CCN(c2ccccc2)C1)C(=O)CCc1cccnc1. The molecule has 0 bridgehead atoms. The van der Waals surface area contributed by atoms with E-state index in [1.165, 1.54) is 5.69 Å². The Bertz CT molecular complexity index is 644. The maximum atomic E-state index is 12.3. The fourth-order valence-corrected chi connectivity index (χ4v) is 3.33. The molecule has 2 aromatic rings. The molecule has 1 aromatic carbocycles. The molecule has 4 nitrogen and oxygen atoms in total. The number of rotatable bonds is 6. The van der Waals surface area contributed by atoms with E-state index in [4.69, 9.17) is 0 Å². The molecule has 4 heteroatoms. The van der Waals surface area contributed by atoms with Gasteiger partial charge in [0, 0.05) is 51.2 Å². The number of aryl methyl sites for hydroxylation is 1. The third kappa shape index (κ3) is 4.34. The Labute approximate surface area is 144 Å². The van der Waals surface area contributed by atoms with Gasteiger partial charge in [-0.3, -0.25) is 9.78 Å². The number of aromatic nitrogens is 1. The van der Waals surface area contributed by atoms with Crippen molar-refractivity contribution in [3.05, 3.63) is 60.4 Å². The van der Waals surface area contributed by atoms with Crippen LogP contribution in [0.25, 0.3) is 0 Å². The molecule has 1 aromatic heterocycles. The highest BCUT2D eigenvalue weighted by Crippen LogP contribution is 2.24. The number of anilines is 1. The van der Waals surface area contributed by atoms with Crippen molar-refractivity contribution < 1.29 is 4.79 Å². The smallest absolute Gasteiger partial charge is 0.222 e. The van der Waals surface area contributed by atoms with Gasteiger partial charge in [-0.1, -0.05) is 24.3 Å². The lowest BCUT2D eigenvalue weighted by Gasteiger charge is -2.22. The maximum Gasteiger partial charge on any atom is 0.222 e. The summed E-state index contributed by atoms with van der Waals surface area (Å²) in [5, 5.41) is 0. The first-order valence-corrected chi connectivity index (χ1v) is 8.65. The number of hydrogen-bond acceptors (Lipinski definition) is 3. The fraction of sp³-hybridized carbons (Fsp3) is 0.400. The van der Waals surface area contributed by atoms with Crippen molar-refractivity contribution in [2.75, 3.05) is 31.6 Å². The van der Waals surface area contributed by atoms with Crippen molar-refractivity contribution in [3.63, 3.8) is 0 Å². The predicted molar refractivity (Wildman–Crippen MR) is 97.0 cm³/mol. The van der Waals surface area contributed by atoms with E-state index in [1.807, 2.05) is 36.3 Å². The molecule has 24 heavy (non-hydrogen) atoms. The molecular weight excluding hydrogens is 298 g/mol. The first-order valence-electron chi connectivity index (χ1n) is 8.65. The summed E-state index contributed by atoms with van der Waals surface area (Å²) in [4.78, 5) is 20.8. The third-order valence-electron chi connectivity index (χ3n) is 4.72. The molecule has 2 heterocycles. The minimum Gasteiger partial charge on any atom is -0.371 e. The molecule has 126 valence electrons. The molecule has 1 aliphatic heterocycles. The van der Waals surface area contributed by atoms with Crippen molar-refractivity contribution in [1.29, 1.82) is 0 Å². The molecular formula is C20H25N3O. The third-order valence-corrected chi connectivity index (χ3v) is 4.72. The van der Waals surface area contributed by atoms with Crippen LogP contribution in [0.4, 0.5) is 5.69 Å². The van der Waals surface area contributed by atoms with Gasteiger partial charge in [0.15, 0.2) is 0 Å². The molecule has 1 fully saturated rings. The molecule has 0 aliphatic carbocycles. The Morgan fingerprint density at radius 1 is 1.25 bits per heavy atom. The first-order chi connectivity index (χ1) is 11.7. The van der Waals surface area contributed by atoms with Crippen molar-refractivity contribution in [2.45, 2.75) is 19.3 Å². The van der Waals surface area contributed by atoms with E-state index >= 15 is 0 Å². The van der Waals surface area contributed by atoms with E-state index in [-0.39, 0.29) is 5.91 Å². The lowest BCUT2D eigenvalue weighted by Crippen LogP contribution is -2.33. The number of carbonyl (C=O) groups excluding carboxylic acids is 1. The lowest BCUT2D eigenvalue weighted by atomic mass is 10.1. The number of hydrogen-bond donors (Lipinski definition) is 0. The second-order valence-electron chi connectivity index (χ2n) is 6.57. The standard InChI is InChI=1S/C20H25N3O/c1-22(20(24)10-9-17-6-5-12-21-14-17)15-18-11-13-23(16-18)19-7-3-2-4-8-19/h2-8,12,14,18H,9-11,13,15-16H2,1H3/t18-/m1/s1. The second-order valence-corrected chi connectivity index (χ2v) is 6.57. The maximum absolute atomic E-state index is 12.3. The minimum atomic E-state index is 0.219. The molecule has 0 spiro atoms. The normalized spacial score (nSPS) is 17.0. The Morgan fingerprint density at radius 3 is 2.83 bits per heavy atom. The van der Waals surface area contributed by atoms with Crippen LogP contribution >= 0.6 is 0 Å². The molecule has 3 rings (SSSR count). The number of para-hydroxylation sites is 1. The Morgan fingerprint density at radius 2 is 2.08 bits per heavy atom. The van der Waals surface area contributed by atoms with Gasteiger partial charge >= 0.3 is 0 Å². The molecule has 1 amide bonds. The number of nitrogens with zero attached hydrogens (tertiary/aromatic N) is 3. The first kappa shape index (κ1) is 16.5. The summed E-state index contributed by atoms with van der Waals surface area (Å²) in [7, 11) is 1.93. The van der Waals surface area contributed by atoms with Crippen LogP contribution in [-0.2, 0) is 11.2 Å². The summed E-state index contributed by atoms with van der Waals surface area (Å²) in [6, 6.07) is 14.5. The monoisotopic (exact) mass is 323 g/mol. The van der Waals surface area contributed by atoms with Crippen LogP contribution < -0.4 is 4.90 Å². The van der Waals surface area contributed by atoms with Crippen molar-refractivity contribution in [1.82, 2.24) is 9.88 Å². The highest BCUT2D eigenvalue weighted by atomic mass is 16.2. The van der Waals surface area contributed by atoms with Gasteiger partial charge in [-0.15, -0.1) is 0 Å². The summed E-state index contributed by atoms with van der Waals surface area (Å²) in [6.45, 7) is 2.95. The molecule has 0 saturated carbocycles. The number of carbonyl (C=O) groups is 1. The molecule has 0 unspecified atom stereocenters. The van der Waals surface area contributed by atoms with E-state index in [0.29, 0.717) is 12.3 Å². The minimum absolute atomic E-state index is 0.219. The average molecular weight is 323 g/mol.